The smallest absolute Gasteiger partial charge is 0.225 e. The highest BCUT2D eigenvalue weighted by atomic mass is 16.3. The van der Waals surface area contributed by atoms with Gasteiger partial charge in [0, 0.05) is 32.6 Å². The van der Waals surface area contributed by atoms with Crippen LogP contribution in [-0.4, -0.2) is 47.7 Å². The molecule has 0 bridgehead atoms. The number of nitrogens with zero attached hydrogens (tertiary/aromatic N) is 2. The normalized spacial score (nSPS) is 17.4. The lowest BCUT2D eigenvalue weighted by atomic mass is 9.95. The van der Waals surface area contributed by atoms with E-state index in [0.717, 1.165) is 31.5 Å². The van der Waals surface area contributed by atoms with Crippen LogP contribution >= 0.6 is 0 Å². The van der Waals surface area contributed by atoms with Gasteiger partial charge in [-0.2, -0.15) is 0 Å². The van der Waals surface area contributed by atoms with Gasteiger partial charge in [0.15, 0.2) is 0 Å². The summed E-state index contributed by atoms with van der Waals surface area (Å²) in [5.41, 5.74) is 1.16. The highest BCUT2D eigenvalue weighted by Gasteiger charge is 2.26. The Morgan fingerprint density at radius 3 is 2.53 bits per heavy atom. The third kappa shape index (κ3) is 3.78. The molecular formula is C15H22N2O2. The van der Waals surface area contributed by atoms with Crippen molar-refractivity contribution < 1.29 is 9.90 Å². The number of carbonyl (C=O) groups excluding carboxylic acids is 1. The van der Waals surface area contributed by atoms with Crippen LogP contribution in [0.25, 0.3) is 0 Å². The third-order valence-corrected chi connectivity index (χ3v) is 3.78. The van der Waals surface area contributed by atoms with Crippen LogP contribution < -0.4 is 0 Å². The fraction of sp³-hybridized carbons (Fsp3) is 0.533. The minimum absolute atomic E-state index is 0.0980. The number of likely N-dealkylation sites (tertiary alicyclic amines) is 1. The zero-order valence-corrected chi connectivity index (χ0v) is 11.5. The SMILES string of the molecule is CN(Cc1ccccc1)C(=O)C1CCN(CO)CC1. The van der Waals surface area contributed by atoms with Crippen molar-refractivity contribution >= 4 is 5.91 Å². The molecule has 0 aliphatic carbocycles. The van der Waals surface area contributed by atoms with E-state index in [2.05, 4.69) is 0 Å². The lowest BCUT2D eigenvalue weighted by molar-refractivity contribution is -0.136. The lowest BCUT2D eigenvalue weighted by Crippen LogP contribution is -2.41. The van der Waals surface area contributed by atoms with Crippen molar-refractivity contribution in [3.63, 3.8) is 0 Å². The average molecular weight is 262 g/mol. The van der Waals surface area contributed by atoms with Crippen LogP contribution in [-0.2, 0) is 11.3 Å². The first-order chi connectivity index (χ1) is 9.20. The van der Waals surface area contributed by atoms with Crippen molar-refractivity contribution in [3.05, 3.63) is 35.9 Å². The Bertz CT molecular complexity index is 400. The Labute approximate surface area is 114 Å². The summed E-state index contributed by atoms with van der Waals surface area (Å²) in [7, 11) is 1.87. The monoisotopic (exact) mass is 262 g/mol. The van der Waals surface area contributed by atoms with Crippen LogP contribution in [0.3, 0.4) is 0 Å². The molecule has 0 saturated carbocycles. The van der Waals surface area contributed by atoms with Gasteiger partial charge in [-0.25, -0.2) is 0 Å². The predicted molar refractivity (Wildman–Crippen MR) is 74.3 cm³/mol. The second-order valence-corrected chi connectivity index (χ2v) is 5.21. The molecule has 0 spiro atoms. The summed E-state index contributed by atoms with van der Waals surface area (Å²) < 4.78 is 0. The van der Waals surface area contributed by atoms with Gasteiger partial charge in [-0.05, 0) is 18.4 Å². The van der Waals surface area contributed by atoms with Gasteiger partial charge in [0.25, 0.3) is 0 Å². The van der Waals surface area contributed by atoms with Gasteiger partial charge >= 0.3 is 0 Å². The molecule has 0 atom stereocenters. The zero-order chi connectivity index (χ0) is 13.7. The van der Waals surface area contributed by atoms with E-state index in [0.29, 0.717) is 6.54 Å². The van der Waals surface area contributed by atoms with Crippen molar-refractivity contribution in [3.8, 4) is 0 Å². The molecule has 19 heavy (non-hydrogen) atoms. The van der Waals surface area contributed by atoms with Gasteiger partial charge in [-0.15, -0.1) is 0 Å². The molecule has 1 fully saturated rings. The number of aliphatic hydroxyl groups excluding tert-OH is 1. The number of rotatable bonds is 4. The van der Waals surface area contributed by atoms with E-state index in [1.165, 1.54) is 0 Å². The van der Waals surface area contributed by atoms with Crippen molar-refractivity contribution in [2.45, 2.75) is 19.4 Å². The Morgan fingerprint density at radius 2 is 1.95 bits per heavy atom. The average Bonchev–Trinajstić information content (AvgIpc) is 2.47. The molecule has 1 aliphatic rings. The van der Waals surface area contributed by atoms with E-state index in [9.17, 15) is 4.79 Å². The maximum absolute atomic E-state index is 12.3. The third-order valence-electron chi connectivity index (χ3n) is 3.78. The lowest BCUT2D eigenvalue weighted by Gasteiger charge is -2.32. The van der Waals surface area contributed by atoms with Gasteiger partial charge in [0.2, 0.25) is 5.91 Å². The highest BCUT2D eigenvalue weighted by molar-refractivity contribution is 5.78. The fourth-order valence-electron chi connectivity index (χ4n) is 2.57. The van der Waals surface area contributed by atoms with E-state index < -0.39 is 0 Å². The molecule has 104 valence electrons. The molecule has 1 aromatic rings. The van der Waals surface area contributed by atoms with Gasteiger partial charge in [0.05, 0.1) is 6.73 Å². The summed E-state index contributed by atoms with van der Waals surface area (Å²) in [5.74, 6) is 0.331. The van der Waals surface area contributed by atoms with Crippen LogP contribution in [0.2, 0.25) is 0 Å². The fourth-order valence-corrected chi connectivity index (χ4v) is 2.57. The molecule has 1 aliphatic heterocycles. The topological polar surface area (TPSA) is 43.8 Å². The Hall–Kier alpha value is -1.39. The molecule has 1 heterocycles. The van der Waals surface area contributed by atoms with E-state index in [1.54, 1.807) is 0 Å². The summed E-state index contributed by atoms with van der Waals surface area (Å²) in [4.78, 5) is 16.1. The summed E-state index contributed by atoms with van der Waals surface area (Å²) in [6, 6.07) is 10.0. The molecule has 4 heteroatoms. The minimum atomic E-state index is 0.0980. The number of amides is 1. The molecule has 1 aromatic carbocycles. The number of carbonyl (C=O) groups is 1. The zero-order valence-electron chi connectivity index (χ0n) is 11.5. The number of piperidine rings is 1. The minimum Gasteiger partial charge on any atom is -0.381 e. The summed E-state index contributed by atoms with van der Waals surface area (Å²) in [5, 5.41) is 9.05. The first kappa shape index (κ1) is 14.0. The van der Waals surface area contributed by atoms with Crippen LogP contribution in [0.15, 0.2) is 30.3 Å². The number of benzene rings is 1. The summed E-state index contributed by atoms with van der Waals surface area (Å²) in [6.45, 7) is 2.39. The molecule has 1 saturated heterocycles. The Balaban J connectivity index is 1.86. The largest absolute Gasteiger partial charge is 0.381 e. The molecule has 0 aromatic heterocycles. The van der Waals surface area contributed by atoms with E-state index in [4.69, 9.17) is 5.11 Å². The number of hydrogen-bond acceptors (Lipinski definition) is 3. The maximum Gasteiger partial charge on any atom is 0.225 e. The molecule has 1 amide bonds. The van der Waals surface area contributed by atoms with Crippen LogP contribution in [0, 0.1) is 5.92 Å². The van der Waals surface area contributed by atoms with E-state index in [-0.39, 0.29) is 18.6 Å². The molecule has 0 radical (unpaired) electrons. The maximum atomic E-state index is 12.3. The molecule has 1 N–H and O–H groups in total. The Morgan fingerprint density at radius 1 is 1.32 bits per heavy atom. The molecule has 0 unspecified atom stereocenters. The van der Waals surface area contributed by atoms with Crippen LogP contribution in [0.4, 0.5) is 0 Å². The van der Waals surface area contributed by atoms with Crippen molar-refractivity contribution in [1.29, 1.82) is 0 Å². The van der Waals surface area contributed by atoms with Gasteiger partial charge in [0.1, 0.15) is 0 Å². The second-order valence-electron chi connectivity index (χ2n) is 5.21. The van der Waals surface area contributed by atoms with Crippen molar-refractivity contribution in [1.82, 2.24) is 9.80 Å². The van der Waals surface area contributed by atoms with Gasteiger partial charge in [-0.1, -0.05) is 30.3 Å². The van der Waals surface area contributed by atoms with Crippen molar-refractivity contribution in [2.24, 2.45) is 5.92 Å². The van der Waals surface area contributed by atoms with E-state index in [1.807, 2.05) is 47.2 Å². The van der Waals surface area contributed by atoms with Crippen LogP contribution in [0.1, 0.15) is 18.4 Å². The first-order valence-corrected chi connectivity index (χ1v) is 6.83. The number of hydrogen-bond donors (Lipinski definition) is 1. The number of aliphatic hydroxyl groups is 1. The molecule has 2 rings (SSSR count). The second kappa shape index (κ2) is 6.68. The van der Waals surface area contributed by atoms with Gasteiger partial charge < -0.3 is 10.0 Å². The quantitative estimate of drug-likeness (QED) is 0.889. The summed E-state index contributed by atoms with van der Waals surface area (Å²) in [6.07, 6.45) is 1.69. The predicted octanol–water partition coefficient (Wildman–Crippen LogP) is 1.31. The molecule has 4 nitrogen and oxygen atoms in total. The first-order valence-electron chi connectivity index (χ1n) is 6.83. The van der Waals surface area contributed by atoms with E-state index >= 15 is 0 Å². The standard InChI is InChI=1S/C15H22N2O2/c1-16(11-13-5-3-2-4-6-13)15(19)14-7-9-17(12-18)10-8-14/h2-6,14,18H,7-12H2,1H3. The Kier molecular flexibility index (Phi) is 4.93. The van der Waals surface area contributed by atoms with Crippen molar-refractivity contribution in [2.75, 3.05) is 26.9 Å². The van der Waals surface area contributed by atoms with Crippen LogP contribution in [0.5, 0.6) is 0 Å². The molecular weight excluding hydrogens is 240 g/mol. The van der Waals surface area contributed by atoms with Gasteiger partial charge in [-0.3, -0.25) is 9.69 Å². The summed E-state index contributed by atoms with van der Waals surface area (Å²) >= 11 is 0. The highest BCUT2D eigenvalue weighted by Crippen LogP contribution is 2.19.